The molecule has 1 aromatic rings. The van der Waals surface area contributed by atoms with E-state index in [0.717, 1.165) is 6.42 Å². The van der Waals surface area contributed by atoms with E-state index < -0.39 is 5.41 Å². The van der Waals surface area contributed by atoms with E-state index in [2.05, 4.69) is 29.8 Å². The molecule has 0 fully saturated rings. The van der Waals surface area contributed by atoms with Gasteiger partial charge in [0.05, 0.1) is 5.41 Å². The monoisotopic (exact) mass is 240 g/mol. The van der Waals surface area contributed by atoms with Gasteiger partial charge in [-0.25, -0.2) is 0 Å². The minimum Gasteiger partial charge on any atom is -0.369 e. The maximum absolute atomic E-state index is 11.1. The number of carbonyl (C=O) groups is 1. The smallest absolute Gasteiger partial charge is 0.224 e. The Morgan fingerprint density at radius 2 is 2.31 bits per heavy atom. The zero-order valence-electron chi connectivity index (χ0n) is 10.1. The first-order valence-electron chi connectivity index (χ1n) is 5.47. The van der Waals surface area contributed by atoms with Crippen LogP contribution in [-0.2, 0) is 11.2 Å². The number of primary amides is 1. The second-order valence-corrected chi connectivity index (χ2v) is 5.85. The summed E-state index contributed by atoms with van der Waals surface area (Å²) < 4.78 is 0. The Bertz CT molecular complexity index is 333. The first-order chi connectivity index (χ1) is 7.42. The fourth-order valence-corrected chi connectivity index (χ4v) is 2.15. The van der Waals surface area contributed by atoms with E-state index in [1.165, 1.54) is 4.88 Å². The third-order valence-corrected chi connectivity index (χ3v) is 3.55. The van der Waals surface area contributed by atoms with E-state index in [1.807, 2.05) is 13.8 Å². The summed E-state index contributed by atoms with van der Waals surface area (Å²) in [5.74, 6) is -0.261. The molecule has 1 unspecified atom stereocenters. The van der Waals surface area contributed by atoms with Crippen LogP contribution in [0.25, 0.3) is 0 Å². The number of amides is 1. The summed E-state index contributed by atoms with van der Waals surface area (Å²) >= 11 is 1.76. The quantitative estimate of drug-likeness (QED) is 0.796. The second-order valence-electron chi connectivity index (χ2n) is 4.81. The lowest BCUT2D eigenvalue weighted by Crippen LogP contribution is -2.43. The predicted molar refractivity (Wildman–Crippen MR) is 68.5 cm³/mol. The van der Waals surface area contributed by atoms with Gasteiger partial charge in [0, 0.05) is 17.5 Å². The molecule has 1 atom stereocenters. The molecule has 0 saturated carbocycles. The van der Waals surface area contributed by atoms with Gasteiger partial charge < -0.3 is 11.1 Å². The van der Waals surface area contributed by atoms with Crippen LogP contribution in [0.2, 0.25) is 0 Å². The van der Waals surface area contributed by atoms with Gasteiger partial charge >= 0.3 is 0 Å². The van der Waals surface area contributed by atoms with E-state index in [4.69, 9.17) is 5.73 Å². The van der Waals surface area contributed by atoms with Crippen molar-refractivity contribution in [3.05, 3.63) is 22.4 Å². The standard InChI is InChI=1S/C12H20N2OS/c1-9(7-10-5-4-6-16-10)14-8-12(2,3)11(13)15/h4-6,9,14H,7-8H2,1-3H3,(H2,13,15). The Morgan fingerprint density at radius 1 is 1.62 bits per heavy atom. The van der Waals surface area contributed by atoms with Gasteiger partial charge in [-0.3, -0.25) is 4.79 Å². The van der Waals surface area contributed by atoms with E-state index in [9.17, 15) is 4.79 Å². The average molecular weight is 240 g/mol. The molecular weight excluding hydrogens is 220 g/mol. The summed E-state index contributed by atoms with van der Waals surface area (Å²) in [5, 5.41) is 5.43. The van der Waals surface area contributed by atoms with E-state index >= 15 is 0 Å². The molecule has 0 aliphatic rings. The number of hydrogen-bond acceptors (Lipinski definition) is 3. The van der Waals surface area contributed by atoms with E-state index in [1.54, 1.807) is 11.3 Å². The number of carbonyl (C=O) groups excluding carboxylic acids is 1. The zero-order chi connectivity index (χ0) is 12.2. The molecule has 3 nitrogen and oxygen atoms in total. The third-order valence-electron chi connectivity index (χ3n) is 2.65. The van der Waals surface area contributed by atoms with Crippen LogP contribution in [0.15, 0.2) is 17.5 Å². The molecule has 0 aromatic carbocycles. The Morgan fingerprint density at radius 3 is 2.81 bits per heavy atom. The molecule has 1 heterocycles. The summed E-state index contributed by atoms with van der Waals surface area (Å²) in [6.07, 6.45) is 0.993. The summed E-state index contributed by atoms with van der Waals surface area (Å²) in [5.41, 5.74) is 4.83. The van der Waals surface area contributed by atoms with Crippen LogP contribution in [0.3, 0.4) is 0 Å². The van der Waals surface area contributed by atoms with Crippen molar-refractivity contribution in [2.75, 3.05) is 6.54 Å². The highest BCUT2D eigenvalue weighted by Crippen LogP contribution is 2.14. The van der Waals surface area contributed by atoms with E-state index in [0.29, 0.717) is 12.6 Å². The molecule has 1 amide bonds. The van der Waals surface area contributed by atoms with Crippen molar-refractivity contribution >= 4 is 17.2 Å². The van der Waals surface area contributed by atoms with Crippen molar-refractivity contribution < 1.29 is 4.79 Å². The van der Waals surface area contributed by atoms with Gasteiger partial charge in [-0.1, -0.05) is 6.07 Å². The Labute approximate surface area is 101 Å². The number of nitrogens with one attached hydrogen (secondary N) is 1. The molecule has 1 aromatic heterocycles. The predicted octanol–water partition coefficient (Wildman–Crippen LogP) is 1.78. The molecule has 0 saturated heterocycles. The number of rotatable bonds is 6. The highest BCUT2D eigenvalue weighted by atomic mass is 32.1. The highest BCUT2D eigenvalue weighted by molar-refractivity contribution is 7.09. The van der Waals surface area contributed by atoms with Crippen LogP contribution >= 0.6 is 11.3 Å². The van der Waals surface area contributed by atoms with Gasteiger partial charge in [-0.2, -0.15) is 0 Å². The second kappa shape index (κ2) is 5.46. The summed E-state index contributed by atoms with van der Waals surface area (Å²) in [4.78, 5) is 12.5. The van der Waals surface area contributed by atoms with Crippen molar-refractivity contribution in [3.8, 4) is 0 Å². The maximum Gasteiger partial charge on any atom is 0.224 e. The molecule has 0 radical (unpaired) electrons. The molecule has 0 bridgehead atoms. The van der Waals surface area contributed by atoms with Crippen molar-refractivity contribution in [2.24, 2.45) is 11.1 Å². The fourth-order valence-electron chi connectivity index (χ4n) is 1.32. The van der Waals surface area contributed by atoms with Crippen LogP contribution in [0.1, 0.15) is 25.6 Å². The molecule has 0 aliphatic heterocycles. The number of nitrogens with two attached hydrogens (primary N) is 1. The molecular formula is C12H20N2OS. The van der Waals surface area contributed by atoms with Gasteiger partial charge in [-0.15, -0.1) is 11.3 Å². The molecule has 1 rings (SSSR count). The molecule has 0 spiro atoms. The minimum absolute atomic E-state index is 0.261. The van der Waals surface area contributed by atoms with E-state index in [-0.39, 0.29) is 5.91 Å². The summed E-state index contributed by atoms with van der Waals surface area (Å²) in [6.45, 7) is 6.46. The van der Waals surface area contributed by atoms with Gasteiger partial charge in [0.2, 0.25) is 5.91 Å². The van der Waals surface area contributed by atoms with Crippen LogP contribution in [-0.4, -0.2) is 18.5 Å². The first kappa shape index (κ1) is 13.2. The lowest BCUT2D eigenvalue weighted by Gasteiger charge is -2.23. The van der Waals surface area contributed by atoms with Crippen molar-refractivity contribution in [1.82, 2.24) is 5.32 Å². The fraction of sp³-hybridized carbons (Fsp3) is 0.583. The Hall–Kier alpha value is -0.870. The lowest BCUT2D eigenvalue weighted by molar-refractivity contribution is -0.125. The normalized spacial score (nSPS) is 13.7. The Balaban J connectivity index is 2.35. The maximum atomic E-state index is 11.1. The number of thiophene rings is 1. The molecule has 0 aliphatic carbocycles. The largest absolute Gasteiger partial charge is 0.369 e. The molecule has 3 N–H and O–H groups in total. The lowest BCUT2D eigenvalue weighted by atomic mass is 9.92. The van der Waals surface area contributed by atoms with Crippen molar-refractivity contribution in [1.29, 1.82) is 0 Å². The average Bonchev–Trinajstić information content (AvgIpc) is 2.67. The molecule has 90 valence electrons. The third kappa shape index (κ3) is 3.94. The summed E-state index contributed by atoms with van der Waals surface area (Å²) in [7, 11) is 0. The van der Waals surface area contributed by atoms with Crippen molar-refractivity contribution in [3.63, 3.8) is 0 Å². The summed E-state index contributed by atoms with van der Waals surface area (Å²) in [6, 6.07) is 4.54. The molecule has 16 heavy (non-hydrogen) atoms. The molecule has 4 heteroatoms. The van der Waals surface area contributed by atoms with Crippen LogP contribution in [0.4, 0.5) is 0 Å². The van der Waals surface area contributed by atoms with Crippen LogP contribution < -0.4 is 11.1 Å². The van der Waals surface area contributed by atoms with Gasteiger partial charge in [0.15, 0.2) is 0 Å². The van der Waals surface area contributed by atoms with Crippen LogP contribution in [0.5, 0.6) is 0 Å². The zero-order valence-corrected chi connectivity index (χ0v) is 10.9. The minimum atomic E-state index is -0.482. The van der Waals surface area contributed by atoms with Crippen molar-refractivity contribution in [2.45, 2.75) is 33.2 Å². The van der Waals surface area contributed by atoms with Gasteiger partial charge in [0.25, 0.3) is 0 Å². The SMILES string of the molecule is CC(Cc1cccs1)NCC(C)(C)C(N)=O. The van der Waals surface area contributed by atoms with Gasteiger partial charge in [-0.05, 0) is 38.6 Å². The Kier molecular flexibility index (Phi) is 4.50. The van der Waals surface area contributed by atoms with Gasteiger partial charge in [0.1, 0.15) is 0 Å². The first-order valence-corrected chi connectivity index (χ1v) is 6.35. The topological polar surface area (TPSA) is 55.1 Å². The van der Waals surface area contributed by atoms with Crippen LogP contribution in [0, 0.1) is 5.41 Å². The highest BCUT2D eigenvalue weighted by Gasteiger charge is 2.24. The number of hydrogen-bond donors (Lipinski definition) is 2.